The van der Waals surface area contributed by atoms with Crippen molar-refractivity contribution in [3.63, 3.8) is 0 Å². The summed E-state index contributed by atoms with van der Waals surface area (Å²) < 4.78 is 0. The van der Waals surface area contributed by atoms with Gasteiger partial charge in [-0.15, -0.1) is 11.3 Å². The van der Waals surface area contributed by atoms with Crippen LogP contribution in [0.1, 0.15) is 5.82 Å². The maximum atomic E-state index is 11.3. The lowest BCUT2D eigenvalue weighted by atomic mass is 10.4. The van der Waals surface area contributed by atoms with Crippen molar-refractivity contribution in [2.24, 2.45) is 0 Å². The van der Waals surface area contributed by atoms with Gasteiger partial charge in [0.1, 0.15) is 21.6 Å². The molecular formula is C11H8ClN5OS2. The topological polar surface area (TPSA) is 97.6 Å². The molecule has 0 saturated carbocycles. The Morgan fingerprint density at radius 3 is 3.05 bits per heavy atom. The van der Waals surface area contributed by atoms with Gasteiger partial charge in [-0.3, -0.25) is 4.79 Å². The highest BCUT2D eigenvalue weighted by molar-refractivity contribution is 7.98. The van der Waals surface area contributed by atoms with Crippen molar-refractivity contribution < 1.29 is 0 Å². The molecule has 0 aliphatic heterocycles. The van der Waals surface area contributed by atoms with Gasteiger partial charge in [-0.25, -0.2) is 15.0 Å². The molecule has 0 unspecified atom stereocenters. The summed E-state index contributed by atoms with van der Waals surface area (Å²) in [5.41, 5.74) is 5.23. The number of thiophene rings is 1. The van der Waals surface area contributed by atoms with E-state index in [0.29, 0.717) is 21.9 Å². The number of nitrogen functional groups attached to an aromatic ring is 1. The van der Waals surface area contributed by atoms with Crippen molar-refractivity contribution in [3.8, 4) is 0 Å². The Morgan fingerprint density at radius 1 is 1.40 bits per heavy atom. The van der Waals surface area contributed by atoms with E-state index in [9.17, 15) is 4.79 Å². The van der Waals surface area contributed by atoms with E-state index in [1.165, 1.54) is 29.2 Å². The minimum absolute atomic E-state index is 0.184. The van der Waals surface area contributed by atoms with E-state index in [-0.39, 0.29) is 11.4 Å². The Bertz CT molecular complexity index is 831. The first-order valence-electron chi connectivity index (χ1n) is 5.51. The number of aromatic nitrogens is 4. The van der Waals surface area contributed by atoms with E-state index in [2.05, 4.69) is 19.9 Å². The smallest absolute Gasteiger partial charge is 0.253 e. The molecule has 3 N–H and O–H groups in total. The Kier molecular flexibility index (Phi) is 3.60. The summed E-state index contributed by atoms with van der Waals surface area (Å²) in [4.78, 5) is 27.4. The maximum Gasteiger partial charge on any atom is 0.253 e. The van der Waals surface area contributed by atoms with E-state index >= 15 is 0 Å². The summed E-state index contributed by atoms with van der Waals surface area (Å²) in [5.74, 6) is 1.21. The molecule has 0 fully saturated rings. The van der Waals surface area contributed by atoms with Crippen LogP contribution in [-0.2, 0) is 5.75 Å². The number of thioether (sulfide) groups is 1. The van der Waals surface area contributed by atoms with Crippen LogP contribution in [0.5, 0.6) is 0 Å². The van der Waals surface area contributed by atoms with Crippen LogP contribution >= 0.6 is 34.7 Å². The minimum atomic E-state index is -0.285. The van der Waals surface area contributed by atoms with Crippen LogP contribution < -0.4 is 11.3 Å². The number of fused-ring (bicyclic) bond motifs is 1. The van der Waals surface area contributed by atoms with Crippen LogP contribution in [0.3, 0.4) is 0 Å². The normalized spacial score (nSPS) is 11.1. The Balaban J connectivity index is 1.84. The molecule has 0 atom stereocenters. The highest BCUT2D eigenvalue weighted by atomic mass is 35.5. The second-order valence-electron chi connectivity index (χ2n) is 3.83. The Labute approximate surface area is 126 Å². The van der Waals surface area contributed by atoms with Crippen LogP contribution in [-0.4, -0.2) is 19.9 Å². The summed E-state index contributed by atoms with van der Waals surface area (Å²) in [6.45, 7) is 0. The average molecular weight is 326 g/mol. The van der Waals surface area contributed by atoms with Gasteiger partial charge in [0.15, 0.2) is 5.16 Å². The highest BCUT2D eigenvalue weighted by Crippen LogP contribution is 2.26. The van der Waals surface area contributed by atoms with Gasteiger partial charge in [-0.1, -0.05) is 23.4 Å². The van der Waals surface area contributed by atoms with Gasteiger partial charge < -0.3 is 10.7 Å². The van der Waals surface area contributed by atoms with Gasteiger partial charge in [-0.05, 0) is 11.4 Å². The van der Waals surface area contributed by atoms with Crippen molar-refractivity contribution in [1.29, 1.82) is 0 Å². The number of hydrogen-bond donors (Lipinski definition) is 2. The fourth-order valence-electron chi connectivity index (χ4n) is 1.58. The van der Waals surface area contributed by atoms with Crippen LogP contribution in [0.15, 0.2) is 27.5 Å². The molecule has 0 amide bonds. The van der Waals surface area contributed by atoms with Gasteiger partial charge in [0, 0.05) is 11.5 Å². The van der Waals surface area contributed by atoms with Crippen molar-refractivity contribution in [1.82, 2.24) is 19.9 Å². The number of hydrogen-bond acceptors (Lipinski definition) is 7. The zero-order chi connectivity index (χ0) is 14.1. The van der Waals surface area contributed by atoms with Crippen LogP contribution in [0.25, 0.3) is 10.2 Å². The van der Waals surface area contributed by atoms with Crippen molar-refractivity contribution in [2.45, 2.75) is 10.9 Å². The molecule has 0 saturated heterocycles. The highest BCUT2D eigenvalue weighted by Gasteiger charge is 2.08. The SMILES string of the molecule is Nc1cc(=O)[nH]c(SCc2nc(Cl)c3ccsc3n2)n1. The summed E-state index contributed by atoms with van der Waals surface area (Å²) in [6, 6.07) is 3.12. The molecule has 20 heavy (non-hydrogen) atoms. The van der Waals surface area contributed by atoms with E-state index in [0.717, 1.165) is 10.2 Å². The number of rotatable bonds is 3. The first kappa shape index (κ1) is 13.3. The molecule has 3 aromatic rings. The largest absolute Gasteiger partial charge is 0.383 e. The lowest BCUT2D eigenvalue weighted by Gasteiger charge is -2.02. The molecule has 0 aliphatic carbocycles. The molecular weight excluding hydrogens is 318 g/mol. The fourth-order valence-corrected chi connectivity index (χ4v) is 3.41. The number of nitrogens with two attached hydrogens (primary N) is 1. The summed E-state index contributed by atoms with van der Waals surface area (Å²) in [5, 5.41) is 3.63. The molecule has 0 spiro atoms. The third-order valence-electron chi connectivity index (χ3n) is 2.40. The average Bonchev–Trinajstić information content (AvgIpc) is 2.84. The minimum Gasteiger partial charge on any atom is -0.383 e. The van der Waals surface area contributed by atoms with Crippen molar-refractivity contribution in [3.05, 3.63) is 38.8 Å². The molecule has 0 aliphatic rings. The van der Waals surface area contributed by atoms with Gasteiger partial charge in [-0.2, -0.15) is 0 Å². The second-order valence-corrected chi connectivity index (χ2v) is 6.05. The fraction of sp³-hybridized carbons (Fsp3) is 0.0909. The second kappa shape index (κ2) is 5.39. The Hall–Kier alpha value is -1.64. The molecule has 3 heterocycles. The quantitative estimate of drug-likeness (QED) is 0.435. The van der Waals surface area contributed by atoms with E-state index in [1.807, 2.05) is 11.4 Å². The molecule has 0 radical (unpaired) electrons. The molecule has 0 bridgehead atoms. The zero-order valence-corrected chi connectivity index (χ0v) is 12.3. The van der Waals surface area contributed by atoms with E-state index in [1.54, 1.807) is 0 Å². The van der Waals surface area contributed by atoms with Crippen LogP contribution in [0, 0.1) is 0 Å². The number of anilines is 1. The molecule has 6 nitrogen and oxygen atoms in total. The van der Waals surface area contributed by atoms with Crippen molar-refractivity contribution >= 4 is 50.7 Å². The summed E-state index contributed by atoms with van der Waals surface area (Å²) in [6.07, 6.45) is 0. The number of H-pyrrole nitrogens is 1. The predicted molar refractivity (Wildman–Crippen MR) is 81.3 cm³/mol. The predicted octanol–water partition coefficient (Wildman–Crippen LogP) is 2.30. The van der Waals surface area contributed by atoms with Crippen molar-refractivity contribution in [2.75, 3.05) is 5.73 Å². The number of halogens is 1. The molecule has 9 heteroatoms. The maximum absolute atomic E-state index is 11.3. The first-order chi connectivity index (χ1) is 9.61. The van der Waals surface area contributed by atoms with E-state index < -0.39 is 0 Å². The zero-order valence-electron chi connectivity index (χ0n) is 9.96. The van der Waals surface area contributed by atoms with Gasteiger partial charge >= 0.3 is 0 Å². The van der Waals surface area contributed by atoms with Gasteiger partial charge in [0.2, 0.25) is 0 Å². The number of aromatic amines is 1. The molecule has 102 valence electrons. The summed E-state index contributed by atoms with van der Waals surface area (Å²) >= 11 is 8.89. The van der Waals surface area contributed by atoms with Gasteiger partial charge in [0.05, 0.1) is 5.75 Å². The summed E-state index contributed by atoms with van der Waals surface area (Å²) in [7, 11) is 0. The molecule has 3 rings (SSSR count). The third-order valence-corrected chi connectivity index (χ3v) is 4.37. The lowest BCUT2D eigenvalue weighted by Crippen LogP contribution is -2.09. The standard InChI is InChI=1S/C11H8ClN5OS2/c12-9-5-1-2-19-10(5)16-7(15-9)4-20-11-14-6(13)3-8(18)17-11/h1-3H,4H2,(H3,13,14,17,18). The van der Waals surface area contributed by atoms with Crippen LogP contribution in [0.4, 0.5) is 5.82 Å². The number of nitrogens with zero attached hydrogens (tertiary/aromatic N) is 3. The first-order valence-corrected chi connectivity index (χ1v) is 7.75. The van der Waals surface area contributed by atoms with Gasteiger partial charge in [0.25, 0.3) is 5.56 Å². The number of nitrogens with one attached hydrogen (secondary N) is 1. The van der Waals surface area contributed by atoms with Crippen LogP contribution in [0.2, 0.25) is 5.15 Å². The van der Waals surface area contributed by atoms with E-state index in [4.69, 9.17) is 17.3 Å². The molecule has 3 aromatic heterocycles. The molecule has 0 aromatic carbocycles. The third kappa shape index (κ3) is 2.77. The monoisotopic (exact) mass is 325 g/mol. The Morgan fingerprint density at radius 2 is 2.25 bits per heavy atom. The lowest BCUT2D eigenvalue weighted by molar-refractivity contribution is 0.941.